The molecule has 1 saturated heterocycles. The van der Waals surface area contributed by atoms with E-state index in [4.69, 9.17) is 12.2 Å². The van der Waals surface area contributed by atoms with E-state index in [9.17, 15) is 4.79 Å². The van der Waals surface area contributed by atoms with E-state index < -0.39 is 0 Å². The van der Waals surface area contributed by atoms with E-state index in [0.717, 1.165) is 44.1 Å². The summed E-state index contributed by atoms with van der Waals surface area (Å²) in [4.78, 5) is 16.2. The number of Topliss-reactive ketones (excluding diaryl/α,β-unsaturated/α-hetero) is 1. The minimum atomic E-state index is 0.0548. The third kappa shape index (κ3) is 4.54. The highest BCUT2D eigenvalue weighted by atomic mass is 32.1. The lowest BCUT2D eigenvalue weighted by Gasteiger charge is -2.36. The van der Waals surface area contributed by atoms with Gasteiger partial charge in [0.1, 0.15) is 0 Å². The molecule has 0 atom stereocenters. The molecule has 2 aromatic rings. The number of aryl methyl sites for hydroxylation is 2. The van der Waals surface area contributed by atoms with Gasteiger partial charge >= 0.3 is 0 Å². The average molecular weight is 386 g/mol. The van der Waals surface area contributed by atoms with E-state index in [1.165, 1.54) is 11.3 Å². The van der Waals surface area contributed by atoms with Crippen molar-refractivity contribution >= 4 is 28.8 Å². The molecule has 3 rings (SSSR count). The molecule has 0 aliphatic carbocycles. The monoisotopic (exact) mass is 385 g/mol. The summed E-state index contributed by atoms with van der Waals surface area (Å²) in [5, 5.41) is 8.49. The molecule has 1 aromatic heterocycles. The van der Waals surface area contributed by atoms with Crippen molar-refractivity contribution in [2.45, 2.75) is 27.3 Å². The Morgan fingerprint density at radius 2 is 1.93 bits per heavy atom. The molecule has 144 valence electrons. The number of ketones is 1. The maximum atomic E-state index is 11.5. The minimum absolute atomic E-state index is 0.0548. The molecule has 0 radical (unpaired) electrons. The second-order valence-electron chi connectivity index (χ2n) is 7.10. The Hall–Kier alpha value is -2.25. The molecule has 0 spiro atoms. The van der Waals surface area contributed by atoms with Gasteiger partial charge in [-0.15, -0.1) is 0 Å². The van der Waals surface area contributed by atoms with Crippen molar-refractivity contribution < 1.29 is 4.79 Å². The van der Waals surface area contributed by atoms with Gasteiger partial charge in [-0.1, -0.05) is 12.1 Å². The number of carbonyl (C=O) groups is 1. The predicted octanol–water partition coefficient (Wildman–Crippen LogP) is 2.75. The number of aromatic nitrogens is 2. The molecular weight excluding hydrogens is 358 g/mol. The first-order valence-corrected chi connectivity index (χ1v) is 9.64. The second kappa shape index (κ2) is 8.19. The Morgan fingerprint density at radius 1 is 1.22 bits per heavy atom. The third-order valence-corrected chi connectivity index (χ3v) is 5.58. The van der Waals surface area contributed by atoms with E-state index in [-0.39, 0.29) is 5.78 Å². The lowest BCUT2D eigenvalue weighted by Crippen LogP contribution is -2.49. The third-order valence-electron chi connectivity index (χ3n) is 5.22. The number of nitrogens with zero attached hydrogens (tertiary/aromatic N) is 4. The Labute approximate surface area is 166 Å². The molecule has 1 fully saturated rings. The van der Waals surface area contributed by atoms with Gasteiger partial charge in [-0.3, -0.25) is 14.4 Å². The smallest absolute Gasteiger partial charge is 0.173 e. The Balaban J connectivity index is 1.55. The first-order valence-electron chi connectivity index (χ1n) is 9.23. The first-order chi connectivity index (χ1) is 12.8. The predicted molar refractivity (Wildman–Crippen MR) is 112 cm³/mol. The molecule has 1 aromatic carbocycles. The fourth-order valence-corrected chi connectivity index (χ4v) is 3.70. The molecule has 6 nitrogen and oxygen atoms in total. The SMILES string of the molecule is CC(=O)c1cccc(NC(=S)N2CCN(Cc3c(C)nn(C)c3C)CC2)c1. The molecule has 2 heterocycles. The zero-order chi connectivity index (χ0) is 19.6. The zero-order valence-corrected chi connectivity index (χ0v) is 17.3. The molecule has 0 unspecified atom stereocenters. The van der Waals surface area contributed by atoms with Crippen LogP contribution in [0.15, 0.2) is 24.3 Å². The van der Waals surface area contributed by atoms with Crippen LogP contribution in [0.3, 0.4) is 0 Å². The van der Waals surface area contributed by atoms with Gasteiger partial charge in [-0.2, -0.15) is 5.10 Å². The van der Waals surface area contributed by atoms with Gasteiger partial charge in [0.15, 0.2) is 10.9 Å². The molecule has 1 aliphatic heterocycles. The molecule has 7 heteroatoms. The largest absolute Gasteiger partial charge is 0.346 e. The van der Waals surface area contributed by atoms with Crippen LogP contribution >= 0.6 is 12.2 Å². The van der Waals surface area contributed by atoms with Gasteiger partial charge < -0.3 is 10.2 Å². The number of hydrogen-bond acceptors (Lipinski definition) is 4. The second-order valence-corrected chi connectivity index (χ2v) is 7.49. The van der Waals surface area contributed by atoms with Gasteiger partial charge in [-0.25, -0.2) is 0 Å². The highest BCUT2D eigenvalue weighted by molar-refractivity contribution is 7.80. The lowest BCUT2D eigenvalue weighted by atomic mass is 10.1. The van der Waals surface area contributed by atoms with Crippen LogP contribution in [0.25, 0.3) is 0 Å². The number of rotatable bonds is 4. The van der Waals surface area contributed by atoms with Gasteiger partial charge in [0.05, 0.1) is 5.69 Å². The van der Waals surface area contributed by atoms with E-state index in [1.54, 1.807) is 6.92 Å². The summed E-state index contributed by atoms with van der Waals surface area (Å²) in [6.45, 7) is 10.4. The standard InChI is InChI=1S/C20H27N5OS/c1-14-19(15(2)23(4)22-14)13-24-8-10-25(11-9-24)20(27)21-18-7-5-6-17(12-18)16(3)26/h5-7,12H,8-11,13H2,1-4H3,(H,21,27). The van der Waals surface area contributed by atoms with Crippen molar-refractivity contribution in [3.8, 4) is 0 Å². The average Bonchev–Trinajstić information content (AvgIpc) is 2.88. The maximum absolute atomic E-state index is 11.5. The highest BCUT2D eigenvalue weighted by Gasteiger charge is 2.21. The fourth-order valence-electron chi connectivity index (χ4n) is 3.40. The number of piperazine rings is 1. The minimum Gasteiger partial charge on any atom is -0.346 e. The van der Waals surface area contributed by atoms with Gasteiger partial charge in [0.25, 0.3) is 0 Å². The van der Waals surface area contributed by atoms with Crippen LogP contribution in [0.5, 0.6) is 0 Å². The van der Waals surface area contributed by atoms with Gasteiger partial charge in [-0.05, 0) is 45.1 Å². The summed E-state index contributed by atoms with van der Waals surface area (Å²) in [5.41, 5.74) is 5.22. The number of benzene rings is 1. The number of hydrogen-bond donors (Lipinski definition) is 1. The lowest BCUT2D eigenvalue weighted by molar-refractivity contribution is 0.101. The summed E-state index contributed by atoms with van der Waals surface area (Å²) >= 11 is 5.58. The van der Waals surface area contributed by atoms with Crippen molar-refractivity contribution in [1.29, 1.82) is 0 Å². The van der Waals surface area contributed by atoms with Crippen LogP contribution in [0.1, 0.15) is 34.2 Å². The molecule has 27 heavy (non-hydrogen) atoms. The normalized spacial score (nSPS) is 15.0. The zero-order valence-electron chi connectivity index (χ0n) is 16.5. The van der Waals surface area contributed by atoms with Crippen molar-refractivity contribution in [3.05, 3.63) is 46.8 Å². The number of anilines is 1. The van der Waals surface area contributed by atoms with Crippen LogP contribution in [0.2, 0.25) is 0 Å². The van der Waals surface area contributed by atoms with E-state index in [0.29, 0.717) is 10.7 Å². The van der Waals surface area contributed by atoms with Crippen LogP contribution < -0.4 is 5.32 Å². The van der Waals surface area contributed by atoms with Gasteiger partial charge in [0.2, 0.25) is 0 Å². The van der Waals surface area contributed by atoms with Crippen LogP contribution in [0, 0.1) is 13.8 Å². The van der Waals surface area contributed by atoms with Crippen molar-refractivity contribution in [1.82, 2.24) is 19.6 Å². The van der Waals surface area contributed by atoms with Gasteiger partial charge in [0, 0.05) is 62.3 Å². The Bertz CT molecular complexity index is 852. The molecule has 1 aliphatic rings. The molecule has 0 bridgehead atoms. The first kappa shape index (κ1) is 19.5. The topological polar surface area (TPSA) is 53.4 Å². The number of nitrogens with one attached hydrogen (secondary N) is 1. The summed E-state index contributed by atoms with van der Waals surface area (Å²) in [6.07, 6.45) is 0. The van der Waals surface area contributed by atoms with Crippen LogP contribution in [0.4, 0.5) is 5.69 Å². The summed E-state index contributed by atoms with van der Waals surface area (Å²) in [7, 11) is 2.00. The fraction of sp³-hybridized carbons (Fsp3) is 0.450. The molecule has 1 N–H and O–H groups in total. The summed E-state index contributed by atoms with van der Waals surface area (Å²) < 4.78 is 1.95. The molecule has 0 saturated carbocycles. The highest BCUT2D eigenvalue weighted by Crippen LogP contribution is 2.17. The summed E-state index contributed by atoms with van der Waals surface area (Å²) in [5.74, 6) is 0.0548. The van der Waals surface area contributed by atoms with E-state index in [1.807, 2.05) is 36.0 Å². The molecular formula is C20H27N5OS. The maximum Gasteiger partial charge on any atom is 0.173 e. The number of carbonyl (C=O) groups excluding carboxylic acids is 1. The molecule has 0 amide bonds. The Kier molecular flexibility index (Phi) is 5.92. The quantitative estimate of drug-likeness (QED) is 0.645. The van der Waals surface area contributed by atoms with E-state index >= 15 is 0 Å². The van der Waals surface area contributed by atoms with Crippen molar-refractivity contribution in [3.63, 3.8) is 0 Å². The Morgan fingerprint density at radius 3 is 2.52 bits per heavy atom. The van der Waals surface area contributed by atoms with Crippen LogP contribution in [-0.4, -0.2) is 56.7 Å². The number of thiocarbonyl (C=S) groups is 1. The van der Waals surface area contributed by atoms with Crippen molar-refractivity contribution in [2.75, 3.05) is 31.5 Å². The van der Waals surface area contributed by atoms with E-state index in [2.05, 4.69) is 34.1 Å². The van der Waals surface area contributed by atoms with Crippen LogP contribution in [-0.2, 0) is 13.6 Å². The summed E-state index contributed by atoms with van der Waals surface area (Å²) in [6, 6.07) is 7.47. The van der Waals surface area contributed by atoms with Crippen molar-refractivity contribution in [2.24, 2.45) is 7.05 Å².